The third kappa shape index (κ3) is 5.01. The predicted octanol–water partition coefficient (Wildman–Crippen LogP) is 2.32. The van der Waals surface area contributed by atoms with E-state index in [4.69, 9.17) is 0 Å². The molecule has 1 rings (SSSR count). The lowest BCUT2D eigenvalue weighted by Gasteiger charge is -2.13. The largest absolute Gasteiger partial charge is 0.350 e. The highest BCUT2D eigenvalue weighted by Gasteiger charge is 2.13. The second-order valence-corrected chi connectivity index (χ2v) is 6.78. The van der Waals surface area contributed by atoms with Crippen LogP contribution in [0, 0.1) is 9.39 Å². The molecular weight excluding hydrogens is 368 g/mol. The van der Waals surface area contributed by atoms with Gasteiger partial charge in [-0.1, -0.05) is 0 Å². The molecule has 100 valence electrons. The standard InChI is InChI=1S/C12H15FINO2S/c1-8(5-6-18(2)17)15-12(16)10-4-3-9(13)7-11(10)14/h3-4,7-8H,5-6H2,1-2H3,(H,15,16). The maximum absolute atomic E-state index is 12.9. The van der Waals surface area contributed by atoms with Crippen LogP contribution in [-0.4, -0.2) is 28.2 Å². The molecule has 1 N–H and O–H groups in total. The average molecular weight is 383 g/mol. The highest BCUT2D eigenvalue weighted by Crippen LogP contribution is 2.14. The highest BCUT2D eigenvalue weighted by molar-refractivity contribution is 14.1. The lowest BCUT2D eigenvalue weighted by molar-refractivity contribution is 0.0938. The monoisotopic (exact) mass is 383 g/mol. The summed E-state index contributed by atoms with van der Waals surface area (Å²) in [5.41, 5.74) is 0.460. The van der Waals surface area contributed by atoms with Crippen LogP contribution in [0.4, 0.5) is 4.39 Å². The van der Waals surface area contributed by atoms with Crippen molar-refractivity contribution in [2.24, 2.45) is 0 Å². The van der Waals surface area contributed by atoms with Gasteiger partial charge in [0.2, 0.25) is 0 Å². The van der Waals surface area contributed by atoms with Gasteiger partial charge >= 0.3 is 0 Å². The van der Waals surface area contributed by atoms with Crippen molar-refractivity contribution in [3.05, 3.63) is 33.1 Å². The van der Waals surface area contributed by atoms with Gasteiger partial charge in [0.25, 0.3) is 5.91 Å². The predicted molar refractivity (Wildman–Crippen MR) is 79.6 cm³/mol. The van der Waals surface area contributed by atoms with E-state index in [0.29, 0.717) is 21.3 Å². The van der Waals surface area contributed by atoms with E-state index in [9.17, 15) is 13.4 Å². The fraction of sp³-hybridized carbons (Fsp3) is 0.417. The molecule has 2 unspecified atom stereocenters. The number of carbonyl (C=O) groups is 1. The van der Waals surface area contributed by atoms with E-state index >= 15 is 0 Å². The summed E-state index contributed by atoms with van der Waals surface area (Å²) in [4.78, 5) is 11.9. The number of hydrogen-bond donors (Lipinski definition) is 1. The van der Waals surface area contributed by atoms with Crippen LogP contribution < -0.4 is 5.32 Å². The molecule has 0 saturated heterocycles. The van der Waals surface area contributed by atoms with Crippen molar-refractivity contribution in [3.63, 3.8) is 0 Å². The second-order valence-electron chi connectivity index (χ2n) is 4.06. The molecule has 0 aromatic heterocycles. The third-order valence-corrected chi connectivity index (χ3v) is 4.09. The summed E-state index contributed by atoms with van der Waals surface area (Å²) in [5.74, 6) is -0.0266. The molecule has 0 aliphatic heterocycles. The van der Waals surface area contributed by atoms with E-state index in [-0.39, 0.29) is 17.8 Å². The Morgan fingerprint density at radius 1 is 1.56 bits per heavy atom. The zero-order chi connectivity index (χ0) is 13.7. The van der Waals surface area contributed by atoms with Gasteiger partial charge in [0, 0.05) is 32.4 Å². The number of halogens is 2. The van der Waals surface area contributed by atoms with Crippen LogP contribution in [0.3, 0.4) is 0 Å². The van der Waals surface area contributed by atoms with Crippen molar-refractivity contribution >= 4 is 39.3 Å². The van der Waals surface area contributed by atoms with Crippen molar-refractivity contribution in [2.75, 3.05) is 12.0 Å². The molecule has 3 nitrogen and oxygen atoms in total. The third-order valence-electron chi connectivity index (χ3n) is 2.39. The molecule has 6 heteroatoms. The van der Waals surface area contributed by atoms with Crippen LogP contribution in [0.15, 0.2) is 18.2 Å². The molecule has 18 heavy (non-hydrogen) atoms. The van der Waals surface area contributed by atoms with Gasteiger partial charge in [-0.3, -0.25) is 9.00 Å². The summed E-state index contributed by atoms with van der Waals surface area (Å²) in [5, 5.41) is 2.81. The number of rotatable bonds is 5. The average Bonchev–Trinajstić information content (AvgIpc) is 2.26. The van der Waals surface area contributed by atoms with Crippen molar-refractivity contribution in [3.8, 4) is 0 Å². The van der Waals surface area contributed by atoms with E-state index < -0.39 is 10.8 Å². The van der Waals surface area contributed by atoms with Crippen LogP contribution in [0.2, 0.25) is 0 Å². The van der Waals surface area contributed by atoms with Crippen LogP contribution in [0.1, 0.15) is 23.7 Å². The number of nitrogens with one attached hydrogen (secondary N) is 1. The highest BCUT2D eigenvalue weighted by atomic mass is 127. The number of hydrogen-bond acceptors (Lipinski definition) is 2. The zero-order valence-electron chi connectivity index (χ0n) is 10.2. The van der Waals surface area contributed by atoms with Gasteiger partial charge in [-0.15, -0.1) is 0 Å². The van der Waals surface area contributed by atoms with Gasteiger partial charge < -0.3 is 5.32 Å². The van der Waals surface area contributed by atoms with Gasteiger partial charge in [-0.2, -0.15) is 0 Å². The molecule has 0 radical (unpaired) electrons. The van der Waals surface area contributed by atoms with Crippen molar-refractivity contribution in [1.29, 1.82) is 0 Å². The van der Waals surface area contributed by atoms with E-state index in [1.807, 2.05) is 29.5 Å². The molecular formula is C12H15FINO2S. The lowest BCUT2D eigenvalue weighted by Crippen LogP contribution is -2.34. The number of benzene rings is 1. The van der Waals surface area contributed by atoms with Crippen LogP contribution in [0.25, 0.3) is 0 Å². The Morgan fingerprint density at radius 3 is 2.78 bits per heavy atom. The van der Waals surface area contributed by atoms with Gasteiger partial charge in [-0.05, 0) is 54.1 Å². The molecule has 0 spiro atoms. The topological polar surface area (TPSA) is 46.2 Å². The summed E-state index contributed by atoms with van der Waals surface area (Å²) in [6.07, 6.45) is 2.30. The van der Waals surface area contributed by atoms with E-state index in [1.54, 1.807) is 6.26 Å². The molecule has 0 aliphatic rings. The molecule has 0 bridgehead atoms. The Labute approximate surface area is 122 Å². The molecule has 1 aromatic carbocycles. The summed E-state index contributed by atoms with van der Waals surface area (Å²) < 4.78 is 24.4. The van der Waals surface area contributed by atoms with Gasteiger partial charge in [0.1, 0.15) is 5.82 Å². The molecule has 0 aliphatic carbocycles. The Morgan fingerprint density at radius 2 is 2.22 bits per heavy atom. The molecule has 0 heterocycles. The first-order valence-corrected chi connectivity index (χ1v) is 8.26. The van der Waals surface area contributed by atoms with Gasteiger partial charge in [-0.25, -0.2) is 4.39 Å². The Hall–Kier alpha value is -0.500. The van der Waals surface area contributed by atoms with E-state index in [2.05, 4.69) is 5.32 Å². The second kappa shape index (κ2) is 7.18. The van der Waals surface area contributed by atoms with E-state index in [1.165, 1.54) is 18.2 Å². The normalized spacial score (nSPS) is 14.0. The number of amides is 1. The van der Waals surface area contributed by atoms with Crippen LogP contribution in [0.5, 0.6) is 0 Å². The lowest BCUT2D eigenvalue weighted by atomic mass is 10.2. The van der Waals surface area contributed by atoms with Crippen molar-refractivity contribution in [1.82, 2.24) is 5.32 Å². The fourth-order valence-corrected chi connectivity index (χ4v) is 2.80. The van der Waals surface area contributed by atoms with E-state index in [0.717, 1.165) is 0 Å². The Bertz CT molecular complexity index is 467. The summed E-state index contributed by atoms with van der Waals surface area (Å²) in [6, 6.07) is 4.00. The first-order valence-electron chi connectivity index (χ1n) is 5.46. The fourth-order valence-electron chi connectivity index (χ4n) is 1.39. The Kier molecular flexibility index (Phi) is 6.20. The maximum atomic E-state index is 12.9. The molecule has 1 aromatic rings. The molecule has 2 atom stereocenters. The summed E-state index contributed by atoms with van der Waals surface area (Å²) >= 11 is 1.93. The minimum atomic E-state index is -0.855. The zero-order valence-corrected chi connectivity index (χ0v) is 13.2. The minimum absolute atomic E-state index is 0.0535. The van der Waals surface area contributed by atoms with Crippen molar-refractivity contribution < 1.29 is 13.4 Å². The summed E-state index contributed by atoms with van der Waals surface area (Å²) in [6.45, 7) is 1.86. The van der Waals surface area contributed by atoms with Gasteiger partial charge in [0.15, 0.2) is 0 Å². The first kappa shape index (κ1) is 15.6. The van der Waals surface area contributed by atoms with Crippen LogP contribution >= 0.6 is 22.6 Å². The quantitative estimate of drug-likeness (QED) is 0.794. The molecule has 0 fully saturated rings. The molecule has 0 saturated carbocycles. The Balaban J connectivity index is 2.62. The minimum Gasteiger partial charge on any atom is -0.350 e. The van der Waals surface area contributed by atoms with Crippen LogP contribution in [-0.2, 0) is 10.8 Å². The van der Waals surface area contributed by atoms with Crippen molar-refractivity contribution in [2.45, 2.75) is 19.4 Å². The SMILES string of the molecule is CC(CCS(C)=O)NC(=O)c1ccc(F)cc1I. The first-order chi connectivity index (χ1) is 8.40. The smallest absolute Gasteiger partial charge is 0.252 e. The van der Waals surface area contributed by atoms with Gasteiger partial charge in [0.05, 0.1) is 5.56 Å². The maximum Gasteiger partial charge on any atom is 0.252 e. The summed E-state index contributed by atoms with van der Waals surface area (Å²) in [7, 11) is -0.855. The number of carbonyl (C=O) groups excluding carboxylic acids is 1. The molecule has 1 amide bonds.